The largest absolute Gasteiger partial charge is 0.256 e. The number of aromatic nitrogens is 1. The molecule has 0 spiro atoms. The first-order valence-corrected chi connectivity index (χ1v) is 7.31. The summed E-state index contributed by atoms with van der Waals surface area (Å²) in [5.41, 5.74) is 3.65. The summed E-state index contributed by atoms with van der Waals surface area (Å²) in [6.07, 6.45) is 5.62. The number of rotatable bonds is 4. The summed E-state index contributed by atoms with van der Waals surface area (Å²) >= 11 is 0. The molecule has 0 aliphatic heterocycles. The number of fused-ring (bicyclic) bond motifs is 1. The molecule has 3 aromatic rings. The van der Waals surface area contributed by atoms with Gasteiger partial charge in [0.15, 0.2) is 0 Å². The first-order valence-electron chi connectivity index (χ1n) is 7.31. The van der Waals surface area contributed by atoms with Crippen molar-refractivity contribution >= 4 is 10.8 Å². The van der Waals surface area contributed by atoms with E-state index in [0.29, 0.717) is 0 Å². The monoisotopic (exact) mass is 261 g/mol. The highest BCUT2D eigenvalue weighted by Crippen LogP contribution is 2.22. The van der Waals surface area contributed by atoms with Gasteiger partial charge >= 0.3 is 0 Å². The Balaban J connectivity index is 1.90. The van der Waals surface area contributed by atoms with E-state index < -0.39 is 0 Å². The van der Waals surface area contributed by atoms with Crippen LogP contribution in [0.4, 0.5) is 0 Å². The second-order valence-corrected chi connectivity index (χ2v) is 5.22. The minimum Gasteiger partial charge on any atom is -0.256 e. The summed E-state index contributed by atoms with van der Waals surface area (Å²) in [4.78, 5) is 4.57. The molecule has 1 heterocycles. The zero-order chi connectivity index (χ0) is 13.8. The highest BCUT2D eigenvalue weighted by Gasteiger charge is 2.01. The minimum absolute atomic E-state index is 1.05. The van der Waals surface area contributed by atoms with Crippen LogP contribution in [0.3, 0.4) is 0 Å². The van der Waals surface area contributed by atoms with E-state index in [1.165, 1.54) is 41.2 Å². The van der Waals surface area contributed by atoms with Crippen LogP contribution in [0.1, 0.15) is 25.3 Å². The molecule has 1 aromatic heterocycles. The van der Waals surface area contributed by atoms with Crippen molar-refractivity contribution in [3.63, 3.8) is 0 Å². The van der Waals surface area contributed by atoms with Crippen LogP contribution in [0.25, 0.3) is 22.0 Å². The third-order valence-electron chi connectivity index (χ3n) is 3.70. The summed E-state index contributed by atoms with van der Waals surface area (Å²) in [7, 11) is 0. The summed E-state index contributed by atoms with van der Waals surface area (Å²) in [5.74, 6) is 0. The summed E-state index contributed by atoms with van der Waals surface area (Å²) in [6.45, 7) is 2.23. The van der Waals surface area contributed by atoms with E-state index >= 15 is 0 Å². The highest BCUT2D eigenvalue weighted by molar-refractivity contribution is 5.85. The molecule has 0 radical (unpaired) electrons. The molecule has 100 valence electrons. The Morgan fingerprint density at radius 1 is 0.900 bits per heavy atom. The molecule has 1 nitrogen and oxygen atoms in total. The third-order valence-corrected chi connectivity index (χ3v) is 3.70. The minimum atomic E-state index is 1.05. The number of benzene rings is 2. The third kappa shape index (κ3) is 2.72. The quantitative estimate of drug-likeness (QED) is 0.625. The molecule has 3 rings (SSSR count). The average molecular weight is 261 g/mol. The van der Waals surface area contributed by atoms with Gasteiger partial charge in [0.05, 0.1) is 5.69 Å². The lowest BCUT2D eigenvalue weighted by Gasteiger charge is -2.05. The lowest BCUT2D eigenvalue weighted by Crippen LogP contribution is -1.87. The summed E-state index contributed by atoms with van der Waals surface area (Å²) in [6, 6.07) is 19.3. The predicted molar refractivity (Wildman–Crippen MR) is 85.8 cm³/mol. The maximum Gasteiger partial charge on any atom is 0.0708 e. The molecule has 0 bridgehead atoms. The first kappa shape index (κ1) is 12.9. The lowest BCUT2D eigenvalue weighted by molar-refractivity contribution is 0.795. The van der Waals surface area contributed by atoms with Crippen molar-refractivity contribution in [2.24, 2.45) is 0 Å². The summed E-state index contributed by atoms with van der Waals surface area (Å²) in [5, 5.41) is 2.43. The molecule has 1 heteroatoms. The zero-order valence-corrected chi connectivity index (χ0v) is 11.8. The second kappa shape index (κ2) is 5.87. The van der Waals surface area contributed by atoms with Gasteiger partial charge in [-0.2, -0.15) is 0 Å². The van der Waals surface area contributed by atoms with Gasteiger partial charge in [-0.3, -0.25) is 4.98 Å². The number of pyridine rings is 1. The molecular weight excluding hydrogens is 242 g/mol. The van der Waals surface area contributed by atoms with Crippen molar-refractivity contribution in [1.82, 2.24) is 4.98 Å². The van der Waals surface area contributed by atoms with Crippen LogP contribution < -0.4 is 0 Å². The maximum absolute atomic E-state index is 4.57. The molecular formula is C19H19N. The number of aryl methyl sites for hydroxylation is 1. The second-order valence-electron chi connectivity index (χ2n) is 5.22. The van der Waals surface area contributed by atoms with Crippen LogP contribution >= 0.6 is 0 Å². The maximum atomic E-state index is 4.57. The molecule has 0 atom stereocenters. The SMILES string of the molecule is CCCCc1ccc(-c2cc3ccccc3cn2)cc1. The highest BCUT2D eigenvalue weighted by atomic mass is 14.7. The Morgan fingerprint density at radius 3 is 2.40 bits per heavy atom. The van der Waals surface area contributed by atoms with E-state index in [4.69, 9.17) is 0 Å². The van der Waals surface area contributed by atoms with Crippen molar-refractivity contribution in [1.29, 1.82) is 0 Å². The standard InChI is InChI=1S/C19H19N/c1-2-3-6-15-9-11-16(12-10-15)19-13-17-7-4-5-8-18(17)14-20-19/h4-5,7-14H,2-3,6H2,1H3. The molecule has 0 unspecified atom stereocenters. The van der Waals surface area contributed by atoms with E-state index in [-0.39, 0.29) is 0 Å². The molecule has 0 amide bonds. The van der Waals surface area contributed by atoms with Gasteiger partial charge in [0.25, 0.3) is 0 Å². The van der Waals surface area contributed by atoms with E-state index in [0.717, 1.165) is 5.69 Å². The van der Waals surface area contributed by atoms with Gasteiger partial charge in [0.2, 0.25) is 0 Å². The molecule has 0 aliphatic rings. The van der Waals surface area contributed by atoms with Crippen molar-refractivity contribution in [3.05, 3.63) is 66.4 Å². The number of hydrogen-bond acceptors (Lipinski definition) is 1. The van der Waals surface area contributed by atoms with Gasteiger partial charge in [-0.15, -0.1) is 0 Å². The normalized spacial score (nSPS) is 10.8. The molecule has 0 fully saturated rings. The van der Waals surface area contributed by atoms with Gasteiger partial charge in [0, 0.05) is 17.1 Å². The van der Waals surface area contributed by atoms with E-state index in [2.05, 4.69) is 60.4 Å². The topological polar surface area (TPSA) is 12.9 Å². The Kier molecular flexibility index (Phi) is 3.78. The van der Waals surface area contributed by atoms with Crippen LogP contribution in [-0.2, 0) is 6.42 Å². The van der Waals surface area contributed by atoms with Gasteiger partial charge < -0.3 is 0 Å². The van der Waals surface area contributed by atoms with Gasteiger partial charge in [-0.1, -0.05) is 61.9 Å². The van der Waals surface area contributed by atoms with Crippen LogP contribution in [0, 0.1) is 0 Å². The van der Waals surface area contributed by atoms with Crippen molar-refractivity contribution < 1.29 is 0 Å². The fourth-order valence-corrected chi connectivity index (χ4v) is 2.46. The number of hydrogen-bond donors (Lipinski definition) is 0. The Bertz CT molecular complexity index is 698. The van der Waals surface area contributed by atoms with Crippen molar-refractivity contribution in [3.8, 4) is 11.3 Å². The Labute approximate surface area is 120 Å². The summed E-state index contributed by atoms with van der Waals surface area (Å²) < 4.78 is 0. The van der Waals surface area contributed by atoms with Crippen LogP contribution in [0.15, 0.2) is 60.8 Å². The van der Waals surface area contributed by atoms with Crippen LogP contribution in [0.2, 0.25) is 0 Å². The number of nitrogens with zero attached hydrogens (tertiary/aromatic N) is 1. The molecule has 0 saturated heterocycles. The van der Waals surface area contributed by atoms with Gasteiger partial charge in [0.1, 0.15) is 0 Å². The predicted octanol–water partition coefficient (Wildman–Crippen LogP) is 5.24. The smallest absolute Gasteiger partial charge is 0.0708 e. The van der Waals surface area contributed by atoms with Gasteiger partial charge in [-0.25, -0.2) is 0 Å². The van der Waals surface area contributed by atoms with Crippen LogP contribution in [-0.4, -0.2) is 4.98 Å². The van der Waals surface area contributed by atoms with E-state index in [1.54, 1.807) is 0 Å². The first-order chi connectivity index (χ1) is 9.86. The average Bonchev–Trinajstić information content (AvgIpc) is 2.53. The number of unbranched alkanes of at least 4 members (excludes halogenated alkanes) is 1. The molecule has 20 heavy (non-hydrogen) atoms. The van der Waals surface area contributed by atoms with E-state index in [1.807, 2.05) is 12.3 Å². The zero-order valence-electron chi connectivity index (χ0n) is 11.8. The Morgan fingerprint density at radius 2 is 1.65 bits per heavy atom. The Hall–Kier alpha value is -2.15. The molecule has 0 aliphatic carbocycles. The lowest BCUT2D eigenvalue weighted by atomic mass is 10.0. The molecule has 2 aromatic carbocycles. The van der Waals surface area contributed by atoms with Crippen LogP contribution in [0.5, 0.6) is 0 Å². The molecule has 0 saturated carbocycles. The fourth-order valence-electron chi connectivity index (χ4n) is 2.46. The van der Waals surface area contributed by atoms with Crippen molar-refractivity contribution in [2.75, 3.05) is 0 Å². The van der Waals surface area contributed by atoms with Gasteiger partial charge in [-0.05, 0) is 29.9 Å². The fraction of sp³-hybridized carbons (Fsp3) is 0.211. The van der Waals surface area contributed by atoms with Crippen molar-refractivity contribution in [2.45, 2.75) is 26.2 Å². The van der Waals surface area contributed by atoms with E-state index in [9.17, 15) is 0 Å². The molecule has 0 N–H and O–H groups in total.